The van der Waals surface area contributed by atoms with Crippen LogP contribution in [0, 0.1) is 0 Å². The van der Waals surface area contributed by atoms with Crippen LogP contribution in [0.25, 0.3) is 0 Å². The normalized spacial score (nSPS) is 12.0. The Bertz CT molecular complexity index is 1180. The number of aryl methyl sites for hydroxylation is 1. The number of likely N-dealkylation sites (N-methyl/N-ethyl adjacent to an activating group) is 2. The number of benzene rings is 2. The quantitative estimate of drug-likeness (QED) is 0.123. The van der Waals surface area contributed by atoms with Crippen molar-refractivity contribution in [3.8, 4) is 0 Å². The van der Waals surface area contributed by atoms with E-state index in [-0.39, 0.29) is 37.9 Å². The van der Waals surface area contributed by atoms with Crippen LogP contribution in [-0.4, -0.2) is 127 Å². The van der Waals surface area contributed by atoms with Gasteiger partial charge in [-0.15, -0.1) is 0 Å². The van der Waals surface area contributed by atoms with Gasteiger partial charge in [-0.3, -0.25) is 33.9 Å². The SMILES string of the molecule is CCN(CCN(CCN(C)CC(=O)O)CC(=O)NCc1ccc(CCOCC(=O)[C@H](N)CCc2ccccc2)cc1)CC(=O)O. The van der Waals surface area contributed by atoms with Gasteiger partial charge < -0.3 is 26.0 Å². The number of nitrogens with two attached hydrogens (primary N) is 1. The van der Waals surface area contributed by atoms with E-state index >= 15 is 0 Å². The maximum absolute atomic E-state index is 12.8. The van der Waals surface area contributed by atoms with Crippen LogP contribution in [0.5, 0.6) is 0 Å². The molecule has 248 valence electrons. The molecule has 5 N–H and O–H groups in total. The molecule has 0 fully saturated rings. The number of carboxylic acids is 2. The first kappa shape index (κ1) is 37.5. The third-order valence-corrected chi connectivity index (χ3v) is 7.40. The number of hydrogen-bond donors (Lipinski definition) is 4. The Morgan fingerprint density at radius 3 is 2.04 bits per heavy atom. The highest BCUT2D eigenvalue weighted by atomic mass is 16.5. The van der Waals surface area contributed by atoms with Gasteiger partial charge in [0, 0.05) is 32.7 Å². The molecule has 0 aromatic heterocycles. The summed E-state index contributed by atoms with van der Waals surface area (Å²) in [4.78, 5) is 52.5. The zero-order chi connectivity index (χ0) is 33.0. The number of hydrogen-bond acceptors (Lipinski definition) is 9. The molecule has 1 atom stereocenters. The van der Waals surface area contributed by atoms with Crippen molar-refractivity contribution in [1.29, 1.82) is 0 Å². The number of rotatable bonds is 24. The second-order valence-corrected chi connectivity index (χ2v) is 11.2. The number of amides is 1. The lowest BCUT2D eigenvalue weighted by Gasteiger charge is -2.27. The number of carboxylic acid groups (broad SMARTS) is 2. The molecule has 12 nitrogen and oxygen atoms in total. The van der Waals surface area contributed by atoms with Gasteiger partial charge in [-0.1, -0.05) is 61.5 Å². The highest BCUT2D eigenvalue weighted by Gasteiger charge is 2.16. The van der Waals surface area contributed by atoms with E-state index in [9.17, 15) is 19.2 Å². The molecule has 2 aromatic rings. The van der Waals surface area contributed by atoms with Crippen molar-refractivity contribution in [3.05, 3.63) is 71.3 Å². The average molecular weight is 628 g/mol. The fourth-order valence-electron chi connectivity index (χ4n) is 4.60. The smallest absolute Gasteiger partial charge is 0.317 e. The maximum atomic E-state index is 12.8. The lowest BCUT2D eigenvalue weighted by atomic mass is 10.0. The number of Topliss-reactive ketones (excluding diaryl/α,β-unsaturated/α-hetero) is 1. The Balaban J connectivity index is 1.74. The van der Waals surface area contributed by atoms with E-state index in [2.05, 4.69) is 5.32 Å². The molecule has 0 radical (unpaired) electrons. The topological polar surface area (TPSA) is 166 Å². The Kier molecular flexibility index (Phi) is 17.6. The zero-order valence-electron chi connectivity index (χ0n) is 26.5. The number of nitrogens with one attached hydrogen (secondary N) is 1. The largest absolute Gasteiger partial charge is 0.480 e. The predicted molar refractivity (Wildman–Crippen MR) is 172 cm³/mol. The summed E-state index contributed by atoms with van der Waals surface area (Å²) in [5.74, 6) is -2.12. The van der Waals surface area contributed by atoms with E-state index in [0.29, 0.717) is 58.7 Å². The molecule has 2 aromatic carbocycles. The molecule has 12 heteroatoms. The molecule has 1 amide bonds. The van der Waals surface area contributed by atoms with Crippen LogP contribution in [-0.2, 0) is 43.3 Å². The third-order valence-electron chi connectivity index (χ3n) is 7.40. The summed E-state index contributed by atoms with van der Waals surface area (Å²) in [5, 5.41) is 21.1. The summed E-state index contributed by atoms with van der Waals surface area (Å²) in [6.45, 7) is 4.94. The van der Waals surface area contributed by atoms with Crippen LogP contribution in [0.2, 0.25) is 0 Å². The summed E-state index contributed by atoms with van der Waals surface area (Å²) in [6, 6.07) is 17.2. The fraction of sp³-hybridized carbons (Fsp3) is 0.515. The molecule has 2 rings (SSSR count). The van der Waals surface area contributed by atoms with Gasteiger partial charge in [-0.05, 0) is 49.5 Å². The molecule has 0 unspecified atom stereocenters. The zero-order valence-corrected chi connectivity index (χ0v) is 26.5. The summed E-state index contributed by atoms with van der Waals surface area (Å²) in [5.41, 5.74) is 9.16. The van der Waals surface area contributed by atoms with Crippen LogP contribution in [0.3, 0.4) is 0 Å². The minimum absolute atomic E-state index is 0.0109. The van der Waals surface area contributed by atoms with Gasteiger partial charge in [-0.25, -0.2) is 0 Å². The van der Waals surface area contributed by atoms with E-state index < -0.39 is 18.0 Å². The Morgan fingerprint density at radius 1 is 0.800 bits per heavy atom. The van der Waals surface area contributed by atoms with Gasteiger partial charge >= 0.3 is 11.9 Å². The molecule has 0 aliphatic heterocycles. The van der Waals surface area contributed by atoms with E-state index in [1.165, 1.54) is 0 Å². The standard InChI is InChI=1S/C33H49N5O7/c1-3-37(24-33(43)44)18-19-38(17-16-36(2)23-32(41)42)22-31(40)35-21-28-11-9-27(10-12-28)15-20-45-25-30(39)29(34)14-13-26-7-5-4-6-8-26/h4-12,29H,3,13-25,34H2,1-2H3,(H,35,40)(H,41,42)(H,43,44)/t29-/m1/s1. The predicted octanol–water partition coefficient (Wildman–Crippen LogP) is 1.12. The van der Waals surface area contributed by atoms with Crippen LogP contribution in [0.4, 0.5) is 0 Å². The molecule has 0 spiro atoms. The fourth-order valence-corrected chi connectivity index (χ4v) is 4.60. The molecule has 0 aliphatic carbocycles. The third kappa shape index (κ3) is 16.8. The van der Waals surface area contributed by atoms with Crippen molar-refractivity contribution in [1.82, 2.24) is 20.0 Å². The van der Waals surface area contributed by atoms with Crippen molar-refractivity contribution in [2.75, 3.05) is 72.6 Å². The Labute approximate surface area is 266 Å². The molecule has 45 heavy (non-hydrogen) atoms. The minimum Gasteiger partial charge on any atom is -0.480 e. The lowest BCUT2D eigenvalue weighted by Crippen LogP contribution is -2.45. The van der Waals surface area contributed by atoms with Crippen molar-refractivity contribution >= 4 is 23.6 Å². The Hall–Kier alpha value is -3.68. The Morgan fingerprint density at radius 2 is 1.40 bits per heavy atom. The lowest BCUT2D eigenvalue weighted by molar-refractivity contribution is -0.139. The second kappa shape index (κ2) is 21.1. The van der Waals surface area contributed by atoms with Crippen LogP contribution in [0.15, 0.2) is 54.6 Å². The van der Waals surface area contributed by atoms with Gasteiger partial charge in [0.15, 0.2) is 5.78 Å². The molecule has 0 bridgehead atoms. The molecule has 0 saturated heterocycles. The van der Waals surface area contributed by atoms with Gasteiger partial charge in [0.25, 0.3) is 0 Å². The summed E-state index contributed by atoms with van der Waals surface area (Å²) < 4.78 is 5.58. The van der Waals surface area contributed by atoms with E-state index in [4.69, 9.17) is 20.7 Å². The van der Waals surface area contributed by atoms with Crippen LogP contribution >= 0.6 is 0 Å². The summed E-state index contributed by atoms with van der Waals surface area (Å²) in [7, 11) is 1.70. The first-order valence-corrected chi connectivity index (χ1v) is 15.4. The van der Waals surface area contributed by atoms with Gasteiger partial charge in [-0.2, -0.15) is 0 Å². The number of ether oxygens (including phenoxy) is 1. The molecule has 0 heterocycles. The van der Waals surface area contributed by atoms with Crippen molar-refractivity contribution in [2.24, 2.45) is 5.73 Å². The molecular weight excluding hydrogens is 578 g/mol. The van der Waals surface area contributed by atoms with Gasteiger partial charge in [0.2, 0.25) is 5.91 Å². The first-order valence-electron chi connectivity index (χ1n) is 15.4. The number of aliphatic carboxylic acids is 2. The number of nitrogens with zero attached hydrogens (tertiary/aromatic N) is 3. The molecular formula is C33H49N5O7. The summed E-state index contributed by atoms with van der Waals surface area (Å²) in [6.07, 6.45) is 1.97. The first-order chi connectivity index (χ1) is 21.5. The van der Waals surface area contributed by atoms with Gasteiger partial charge in [0.05, 0.1) is 32.3 Å². The van der Waals surface area contributed by atoms with E-state index in [1.807, 2.05) is 66.4 Å². The summed E-state index contributed by atoms with van der Waals surface area (Å²) >= 11 is 0. The monoisotopic (exact) mass is 627 g/mol. The average Bonchev–Trinajstić information content (AvgIpc) is 3.01. The maximum Gasteiger partial charge on any atom is 0.317 e. The highest BCUT2D eigenvalue weighted by molar-refractivity contribution is 5.84. The highest BCUT2D eigenvalue weighted by Crippen LogP contribution is 2.07. The van der Waals surface area contributed by atoms with E-state index in [0.717, 1.165) is 23.1 Å². The van der Waals surface area contributed by atoms with E-state index in [1.54, 1.807) is 16.8 Å². The number of carbonyl (C=O) groups excluding carboxylic acids is 2. The number of carbonyl (C=O) groups is 4. The minimum atomic E-state index is -0.927. The van der Waals surface area contributed by atoms with Crippen molar-refractivity contribution in [3.63, 3.8) is 0 Å². The van der Waals surface area contributed by atoms with Crippen LogP contribution < -0.4 is 11.1 Å². The van der Waals surface area contributed by atoms with Crippen LogP contribution in [0.1, 0.15) is 30.0 Å². The van der Waals surface area contributed by atoms with Crippen molar-refractivity contribution in [2.45, 2.75) is 38.8 Å². The number of ketones is 1. The van der Waals surface area contributed by atoms with Gasteiger partial charge in [0.1, 0.15) is 6.61 Å². The molecule has 0 aliphatic rings. The molecule has 0 saturated carbocycles. The van der Waals surface area contributed by atoms with Crippen molar-refractivity contribution < 1.29 is 34.1 Å². The second-order valence-electron chi connectivity index (χ2n) is 11.2.